The van der Waals surface area contributed by atoms with Crippen LogP contribution >= 0.6 is 0 Å². The van der Waals surface area contributed by atoms with Gasteiger partial charge in [0, 0.05) is 18.4 Å². The van der Waals surface area contributed by atoms with E-state index in [1.54, 1.807) is 4.90 Å². The second-order valence-electron chi connectivity index (χ2n) is 6.23. The normalized spacial score (nSPS) is 28.3. The van der Waals surface area contributed by atoms with Crippen LogP contribution in [0.3, 0.4) is 0 Å². The molecule has 23 heavy (non-hydrogen) atoms. The number of carbonyl (C=O) groups excluding carboxylic acids is 1. The number of hydrogen-bond acceptors (Lipinski definition) is 2. The molecule has 4 heteroatoms. The van der Waals surface area contributed by atoms with Crippen LogP contribution in [0, 0.1) is 5.92 Å². The van der Waals surface area contributed by atoms with Gasteiger partial charge in [-0.15, -0.1) is 0 Å². The number of halogens is 1. The monoisotopic (exact) mass is 311 g/mol. The Bertz CT molecular complexity index is 691. The first-order chi connectivity index (χ1) is 11.3. The zero-order valence-corrected chi connectivity index (χ0v) is 12.6. The van der Waals surface area contributed by atoms with Crippen molar-refractivity contribution in [2.75, 3.05) is 6.54 Å². The van der Waals surface area contributed by atoms with Gasteiger partial charge in [0.1, 0.15) is 12.8 Å². The van der Waals surface area contributed by atoms with E-state index in [0.29, 0.717) is 6.54 Å². The molecule has 2 aromatic rings. The molecule has 1 amide bonds. The van der Waals surface area contributed by atoms with Crippen molar-refractivity contribution in [3.63, 3.8) is 0 Å². The van der Waals surface area contributed by atoms with Crippen LogP contribution in [0.25, 0.3) is 0 Å². The summed E-state index contributed by atoms with van der Waals surface area (Å²) in [4.78, 5) is 13.9. The minimum atomic E-state index is -0.940. The van der Waals surface area contributed by atoms with E-state index in [9.17, 15) is 9.18 Å². The molecule has 3 nitrogen and oxygen atoms in total. The molecule has 2 saturated heterocycles. The standard InChI is InChI=1S/C19H18FNO2/c20-17-15-11-21(18(17)16(15)14-9-5-2-6-10-14)19(22)23-12-13-7-3-1-4-8-13/h1-10,15-18H,11-12H2/t15-,16+,17+,18+/m1/s1. The topological polar surface area (TPSA) is 29.5 Å². The van der Waals surface area contributed by atoms with E-state index < -0.39 is 12.3 Å². The average Bonchev–Trinajstić information content (AvgIpc) is 3.17. The molecular weight excluding hydrogens is 293 g/mol. The van der Waals surface area contributed by atoms with E-state index in [1.165, 1.54) is 0 Å². The lowest BCUT2D eigenvalue weighted by molar-refractivity contribution is 0.0547. The van der Waals surface area contributed by atoms with Crippen molar-refractivity contribution in [3.05, 3.63) is 71.8 Å². The highest BCUT2D eigenvalue weighted by molar-refractivity contribution is 5.70. The summed E-state index contributed by atoms with van der Waals surface area (Å²) in [6.45, 7) is 0.666. The molecule has 0 unspecified atom stereocenters. The lowest BCUT2D eigenvalue weighted by atomic mass is 9.68. The predicted molar refractivity (Wildman–Crippen MR) is 84.7 cm³/mol. The van der Waals surface area contributed by atoms with Crippen molar-refractivity contribution >= 4 is 6.09 Å². The molecule has 4 atom stereocenters. The van der Waals surface area contributed by atoms with E-state index in [0.717, 1.165) is 11.1 Å². The third-order valence-electron chi connectivity index (χ3n) is 4.96. The maximum atomic E-state index is 14.2. The minimum Gasteiger partial charge on any atom is -0.445 e. The Morgan fingerprint density at radius 3 is 2.43 bits per heavy atom. The number of carbonyl (C=O) groups is 1. The summed E-state index contributed by atoms with van der Waals surface area (Å²) in [7, 11) is 0. The summed E-state index contributed by atoms with van der Waals surface area (Å²) in [6.07, 6.45) is -1.35. The largest absolute Gasteiger partial charge is 0.445 e. The summed E-state index contributed by atoms with van der Waals surface area (Å²) in [5.41, 5.74) is 2.04. The van der Waals surface area contributed by atoms with Crippen molar-refractivity contribution < 1.29 is 13.9 Å². The second-order valence-corrected chi connectivity index (χ2v) is 6.23. The van der Waals surface area contributed by atoms with E-state index in [1.807, 2.05) is 60.7 Å². The molecule has 0 aromatic heterocycles. The fraction of sp³-hybridized carbons (Fsp3) is 0.316. The Morgan fingerprint density at radius 2 is 1.74 bits per heavy atom. The van der Waals surface area contributed by atoms with Crippen molar-refractivity contribution in [3.8, 4) is 0 Å². The Balaban J connectivity index is 1.43. The predicted octanol–water partition coefficient (Wildman–Crippen LogP) is 3.76. The maximum Gasteiger partial charge on any atom is 0.410 e. The van der Waals surface area contributed by atoms with E-state index >= 15 is 0 Å². The Labute approximate surface area is 134 Å². The minimum absolute atomic E-state index is 0.0930. The van der Waals surface area contributed by atoms with Gasteiger partial charge < -0.3 is 9.64 Å². The van der Waals surface area contributed by atoms with Gasteiger partial charge in [-0.1, -0.05) is 60.7 Å². The molecule has 0 N–H and O–H groups in total. The van der Waals surface area contributed by atoms with Crippen LogP contribution in [-0.4, -0.2) is 29.8 Å². The summed E-state index contributed by atoms with van der Waals surface area (Å²) in [6, 6.07) is 19.0. The lowest BCUT2D eigenvalue weighted by Crippen LogP contribution is -2.49. The zero-order chi connectivity index (χ0) is 15.8. The maximum absolute atomic E-state index is 14.2. The van der Waals surface area contributed by atoms with Gasteiger partial charge in [0.15, 0.2) is 0 Å². The Morgan fingerprint density at radius 1 is 1.09 bits per heavy atom. The van der Waals surface area contributed by atoms with Crippen LogP contribution in [-0.2, 0) is 11.3 Å². The number of rotatable bonds is 3. The van der Waals surface area contributed by atoms with Crippen LogP contribution in [0.4, 0.5) is 9.18 Å². The smallest absolute Gasteiger partial charge is 0.410 e. The van der Waals surface area contributed by atoms with Crippen LogP contribution < -0.4 is 0 Å². The molecule has 0 radical (unpaired) electrons. The molecule has 0 spiro atoms. The number of ether oxygens (including phenoxy) is 1. The highest BCUT2D eigenvalue weighted by Crippen LogP contribution is 2.54. The fourth-order valence-corrected chi connectivity index (χ4v) is 3.80. The number of amides is 1. The summed E-state index contributed by atoms with van der Waals surface area (Å²) >= 11 is 0. The fourth-order valence-electron chi connectivity index (χ4n) is 3.80. The summed E-state index contributed by atoms with van der Waals surface area (Å²) < 4.78 is 19.6. The van der Waals surface area contributed by atoms with Crippen molar-refractivity contribution in [1.29, 1.82) is 0 Å². The zero-order valence-electron chi connectivity index (χ0n) is 12.6. The SMILES string of the molecule is O=C(OCc1ccccc1)N1C[C@H]2[C@H](F)[C@@H]1[C@H]2c1ccccc1. The highest BCUT2D eigenvalue weighted by atomic mass is 19.1. The van der Waals surface area contributed by atoms with Crippen LogP contribution in [0.2, 0.25) is 0 Å². The third kappa shape index (κ3) is 2.38. The highest BCUT2D eigenvalue weighted by Gasteiger charge is 2.62. The molecule has 2 bridgehead atoms. The molecule has 3 fully saturated rings. The number of benzene rings is 2. The average molecular weight is 311 g/mol. The van der Waals surface area contributed by atoms with E-state index in [-0.39, 0.29) is 24.5 Å². The van der Waals surface area contributed by atoms with Gasteiger partial charge in [-0.3, -0.25) is 0 Å². The van der Waals surface area contributed by atoms with Crippen molar-refractivity contribution in [1.82, 2.24) is 4.90 Å². The molecule has 2 aromatic carbocycles. The van der Waals surface area contributed by atoms with Crippen LogP contribution in [0.15, 0.2) is 60.7 Å². The first kappa shape index (κ1) is 14.2. The first-order valence-corrected chi connectivity index (χ1v) is 7.92. The third-order valence-corrected chi connectivity index (χ3v) is 4.96. The molecule has 2 heterocycles. The summed E-state index contributed by atoms with van der Waals surface area (Å²) in [5, 5.41) is 0. The molecule has 118 valence electrons. The molecule has 2 aliphatic heterocycles. The lowest BCUT2D eigenvalue weighted by Gasteiger charge is -2.39. The quantitative estimate of drug-likeness (QED) is 0.864. The van der Waals surface area contributed by atoms with Gasteiger partial charge in [-0.05, 0) is 11.1 Å². The van der Waals surface area contributed by atoms with Gasteiger partial charge in [0.25, 0.3) is 0 Å². The van der Waals surface area contributed by atoms with Crippen molar-refractivity contribution in [2.45, 2.75) is 24.7 Å². The Hall–Kier alpha value is -2.36. The molecular formula is C19H18FNO2. The molecule has 5 rings (SSSR count). The van der Waals surface area contributed by atoms with Crippen molar-refractivity contribution in [2.24, 2.45) is 5.92 Å². The van der Waals surface area contributed by atoms with Gasteiger partial charge in [0.05, 0.1) is 6.04 Å². The number of hydrogen-bond donors (Lipinski definition) is 0. The van der Waals surface area contributed by atoms with Gasteiger partial charge >= 0.3 is 6.09 Å². The van der Waals surface area contributed by atoms with Gasteiger partial charge in [-0.2, -0.15) is 0 Å². The first-order valence-electron chi connectivity index (χ1n) is 7.92. The number of alkyl halides is 1. The molecule has 1 aliphatic carbocycles. The van der Waals surface area contributed by atoms with Gasteiger partial charge in [-0.25, -0.2) is 9.18 Å². The number of nitrogens with zero attached hydrogens (tertiary/aromatic N) is 1. The van der Waals surface area contributed by atoms with E-state index in [2.05, 4.69) is 0 Å². The second kappa shape index (κ2) is 5.69. The molecule has 1 saturated carbocycles. The number of fused-ring (bicyclic) bond motifs is 1. The van der Waals surface area contributed by atoms with Gasteiger partial charge in [0.2, 0.25) is 0 Å². The summed E-state index contributed by atoms with van der Waals surface area (Å²) in [5.74, 6) is -0.0119. The van der Waals surface area contributed by atoms with Crippen LogP contribution in [0.1, 0.15) is 17.0 Å². The Kier molecular flexibility index (Phi) is 3.52. The van der Waals surface area contributed by atoms with E-state index in [4.69, 9.17) is 4.74 Å². The molecule has 3 aliphatic rings. The van der Waals surface area contributed by atoms with Crippen LogP contribution in [0.5, 0.6) is 0 Å².